The Kier molecular flexibility index (Phi) is 4.45. The number of aliphatic imine (C=N–C) groups is 2. The molecule has 8 nitrogen and oxygen atoms in total. The highest BCUT2D eigenvalue weighted by atomic mass is 16.5. The van der Waals surface area contributed by atoms with E-state index in [1.54, 1.807) is 31.8 Å². The van der Waals surface area contributed by atoms with E-state index in [1.165, 1.54) is 0 Å². The lowest BCUT2D eigenvalue weighted by molar-refractivity contribution is 0.398. The second-order valence-electron chi connectivity index (χ2n) is 7.15. The van der Waals surface area contributed by atoms with Gasteiger partial charge in [-0.3, -0.25) is 4.99 Å². The summed E-state index contributed by atoms with van der Waals surface area (Å²) in [5.41, 5.74) is 2.03. The Hall–Kier alpha value is -3.83. The first kappa shape index (κ1) is 18.5. The van der Waals surface area contributed by atoms with Gasteiger partial charge < -0.3 is 10.1 Å². The molecule has 29 heavy (non-hydrogen) atoms. The number of ether oxygens (including phenoxy) is 1. The maximum Gasteiger partial charge on any atom is 0.287 e. The molecular formula is C21H20N7O+. The summed E-state index contributed by atoms with van der Waals surface area (Å²) in [7, 11) is 1.57. The molecule has 0 saturated carbocycles. The van der Waals surface area contributed by atoms with E-state index in [0.717, 1.165) is 16.9 Å². The normalized spacial score (nSPS) is 19.8. The van der Waals surface area contributed by atoms with Crippen molar-refractivity contribution in [2.75, 3.05) is 12.4 Å². The van der Waals surface area contributed by atoms with Crippen molar-refractivity contribution in [1.29, 1.82) is 5.26 Å². The van der Waals surface area contributed by atoms with Crippen molar-refractivity contribution in [3.8, 4) is 11.9 Å². The fraction of sp³-hybridized carbons (Fsp3) is 0.190. The van der Waals surface area contributed by atoms with E-state index in [9.17, 15) is 5.26 Å². The van der Waals surface area contributed by atoms with Gasteiger partial charge in [0, 0.05) is 18.2 Å². The fourth-order valence-corrected chi connectivity index (χ4v) is 3.08. The SMILES string of the molecule is COc1ccc(NC2=N[N+]3(c4ccc(C(C)(C)C#N)cc4)C=CN=CC3=N2)cn1. The van der Waals surface area contributed by atoms with E-state index in [0.29, 0.717) is 17.7 Å². The number of aromatic nitrogens is 1. The Bertz CT molecular complexity index is 1090. The summed E-state index contributed by atoms with van der Waals surface area (Å²) < 4.78 is 5.16. The largest absolute Gasteiger partial charge is 0.481 e. The number of nitrogens with one attached hydrogen (secondary N) is 1. The summed E-state index contributed by atoms with van der Waals surface area (Å²) in [6.07, 6.45) is 6.92. The average molecular weight is 386 g/mol. The number of hydrogen-bond acceptors (Lipinski definition) is 7. The van der Waals surface area contributed by atoms with E-state index in [-0.39, 0.29) is 4.59 Å². The molecule has 4 rings (SSSR count). The molecule has 1 N–H and O–H groups in total. The molecule has 3 heterocycles. The number of methoxy groups -OCH3 is 1. The monoisotopic (exact) mass is 386 g/mol. The van der Waals surface area contributed by atoms with Crippen molar-refractivity contribution in [3.05, 3.63) is 60.6 Å². The Morgan fingerprint density at radius 3 is 2.59 bits per heavy atom. The highest BCUT2D eigenvalue weighted by Crippen LogP contribution is 2.33. The Labute approximate surface area is 168 Å². The van der Waals surface area contributed by atoms with E-state index in [1.807, 2.05) is 50.4 Å². The summed E-state index contributed by atoms with van der Waals surface area (Å²) in [5.74, 6) is 1.65. The van der Waals surface area contributed by atoms with Crippen LogP contribution in [0.15, 0.2) is 70.1 Å². The zero-order valence-corrected chi connectivity index (χ0v) is 16.4. The maximum atomic E-state index is 9.38. The van der Waals surface area contributed by atoms with Crippen LogP contribution in [0.4, 0.5) is 11.4 Å². The predicted molar refractivity (Wildman–Crippen MR) is 114 cm³/mol. The van der Waals surface area contributed by atoms with Gasteiger partial charge in [-0.15, -0.1) is 0 Å². The second kappa shape index (κ2) is 6.96. The lowest BCUT2D eigenvalue weighted by Gasteiger charge is -2.24. The van der Waals surface area contributed by atoms with Crippen molar-refractivity contribution in [1.82, 2.24) is 9.58 Å². The van der Waals surface area contributed by atoms with E-state index < -0.39 is 5.41 Å². The number of quaternary nitrogens is 1. The van der Waals surface area contributed by atoms with Gasteiger partial charge >= 0.3 is 0 Å². The summed E-state index contributed by atoms with van der Waals surface area (Å²) in [6.45, 7) is 3.79. The van der Waals surface area contributed by atoms with Crippen LogP contribution in [-0.4, -0.2) is 30.1 Å². The van der Waals surface area contributed by atoms with Gasteiger partial charge in [0.05, 0.1) is 36.7 Å². The van der Waals surface area contributed by atoms with E-state index in [2.05, 4.69) is 26.4 Å². The molecule has 0 spiro atoms. The Morgan fingerprint density at radius 1 is 1.14 bits per heavy atom. The maximum absolute atomic E-state index is 9.38. The molecule has 2 aliphatic heterocycles. The first-order valence-corrected chi connectivity index (χ1v) is 9.05. The van der Waals surface area contributed by atoms with Crippen LogP contribution in [0.25, 0.3) is 0 Å². The molecule has 1 atom stereocenters. The quantitative estimate of drug-likeness (QED) is 0.813. The molecule has 0 radical (unpaired) electrons. The zero-order valence-electron chi connectivity index (χ0n) is 16.4. The predicted octanol–water partition coefficient (Wildman–Crippen LogP) is 3.55. The lowest BCUT2D eigenvalue weighted by Crippen LogP contribution is -2.44. The second-order valence-corrected chi connectivity index (χ2v) is 7.15. The molecule has 0 fully saturated rings. The smallest absolute Gasteiger partial charge is 0.287 e. The number of guanidine groups is 1. The first-order chi connectivity index (χ1) is 14.0. The summed E-state index contributed by atoms with van der Waals surface area (Å²) in [5, 5.41) is 17.4. The van der Waals surface area contributed by atoms with Gasteiger partial charge in [-0.05, 0) is 30.6 Å². The average Bonchev–Trinajstić information content (AvgIpc) is 3.13. The van der Waals surface area contributed by atoms with Gasteiger partial charge in [-0.25, -0.2) is 4.98 Å². The molecule has 0 amide bonds. The highest BCUT2D eigenvalue weighted by Gasteiger charge is 2.42. The van der Waals surface area contributed by atoms with Crippen molar-refractivity contribution in [2.24, 2.45) is 15.1 Å². The molecular weight excluding hydrogens is 366 g/mol. The fourth-order valence-electron chi connectivity index (χ4n) is 3.08. The Morgan fingerprint density at radius 2 is 1.93 bits per heavy atom. The van der Waals surface area contributed by atoms with Gasteiger partial charge in [-0.2, -0.15) is 10.3 Å². The number of hydrogen-bond donors (Lipinski definition) is 1. The number of nitriles is 1. The van der Waals surface area contributed by atoms with Crippen LogP contribution >= 0.6 is 0 Å². The molecule has 1 unspecified atom stereocenters. The lowest BCUT2D eigenvalue weighted by atomic mass is 9.86. The minimum absolute atomic E-state index is 0.0721. The standard InChI is InChI=1S/C21H20N7O/c1-21(2,14-22)15-4-7-17(8-5-15)28-11-10-23-13-18(28)26-20(27-28)25-16-6-9-19(29-3)24-12-16/h4-13H,1-3H3,(H,25,27)/q+1. The highest BCUT2D eigenvalue weighted by molar-refractivity contribution is 6.38. The third kappa shape index (κ3) is 3.28. The van der Waals surface area contributed by atoms with Gasteiger partial charge in [0.25, 0.3) is 11.8 Å². The van der Waals surface area contributed by atoms with Crippen LogP contribution in [-0.2, 0) is 5.41 Å². The van der Waals surface area contributed by atoms with Crippen LogP contribution < -0.4 is 14.6 Å². The molecule has 8 heteroatoms. The number of anilines is 1. The van der Waals surface area contributed by atoms with Crippen LogP contribution in [0.5, 0.6) is 5.88 Å². The molecule has 144 valence electrons. The van der Waals surface area contributed by atoms with Gasteiger partial charge in [0.2, 0.25) is 5.88 Å². The summed E-state index contributed by atoms with van der Waals surface area (Å²) in [4.78, 5) is 13.0. The van der Waals surface area contributed by atoms with Crippen molar-refractivity contribution >= 4 is 29.4 Å². The number of nitrogens with zero attached hydrogens (tertiary/aromatic N) is 6. The minimum Gasteiger partial charge on any atom is -0.481 e. The third-order valence-corrected chi connectivity index (χ3v) is 4.84. The van der Waals surface area contributed by atoms with Crippen molar-refractivity contribution in [3.63, 3.8) is 0 Å². The molecule has 1 aromatic carbocycles. The number of pyridine rings is 1. The van der Waals surface area contributed by atoms with Crippen molar-refractivity contribution < 1.29 is 4.74 Å². The van der Waals surface area contributed by atoms with Crippen LogP contribution in [0.2, 0.25) is 0 Å². The molecule has 2 aliphatic rings. The van der Waals surface area contributed by atoms with Crippen LogP contribution in [0.1, 0.15) is 19.4 Å². The van der Waals surface area contributed by atoms with E-state index >= 15 is 0 Å². The molecule has 2 aromatic rings. The van der Waals surface area contributed by atoms with E-state index in [4.69, 9.17) is 9.84 Å². The molecule has 0 bridgehead atoms. The molecule has 0 saturated heterocycles. The van der Waals surface area contributed by atoms with Gasteiger partial charge in [0.15, 0.2) is 11.9 Å². The topological polar surface area (TPSA) is 95.0 Å². The minimum atomic E-state index is -0.559. The third-order valence-electron chi connectivity index (χ3n) is 4.84. The van der Waals surface area contributed by atoms with Crippen LogP contribution in [0, 0.1) is 11.3 Å². The van der Waals surface area contributed by atoms with Crippen LogP contribution in [0.3, 0.4) is 0 Å². The summed E-state index contributed by atoms with van der Waals surface area (Å²) >= 11 is 0. The van der Waals surface area contributed by atoms with Crippen molar-refractivity contribution in [2.45, 2.75) is 19.3 Å². The summed E-state index contributed by atoms with van der Waals surface area (Å²) in [6, 6.07) is 13.8. The Balaban J connectivity index is 1.67. The molecule has 0 aliphatic carbocycles. The first-order valence-electron chi connectivity index (χ1n) is 9.05. The number of benzene rings is 1. The van der Waals surface area contributed by atoms with Gasteiger partial charge in [-0.1, -0.05) is 16.7 Å². The van der Waals surface area contributed by atoms with Gasteiger partial charge in [0.1, 0.15) is 6.21 Å². The molecule has 1 aromatic heterocycles. The number of fused-ring (bicyclic) bond motifs is 1. The number of amidine groups is 1. The number of rotatable bonds is 4. The zero-order chi connectivity index (χ0) is 20.5.